The van der Waals surface area contributed by atoms with Gasteiger partial charge in [0.15, 0.2) is 23.1 Å². The van der Waals surface area contributed by atoms with E-state index in [9.17, 15) is 8.78 Å². The van der Waals surface area contributed by atoms with Gasteiger partial charge in [0.1, 0.15) is 24.8 Å². The lowest BCUT2D eigenvalue weighted by molar-refractivity contribution is 0.265. The van der Waals surface area contributed by atoms with Gasteiger partial charge in [-0.3, -0.25) is 9.97 Å². The monoisotopic (exact) mass is 890 g/mol. The van der Waals surface area contributed by atoms with E-state index in [0.717, 1.165) is 33.9 Å². The number of aromatic nitrogens is 6. The van der Waals surface area contributed by atoms with E-state index < -0.39 is 0 Å². The van der Waals surface area contributed by atoms with Crippen molar-refractivity contribution >= 4 is 40.6 Å². The Morgan fingerprint density at radius 1 is 0.615 bits per heavy atom. The Balaban J connectivity index is 0.000000147. The van der Waals surface area contributed by atoms with E-state index in [1.54, 1.807) is 55.1 Å². The highest BCUT2D eigenvalue weighted by Gasteiger charge is 2.29. The van der Waals surface area contributed by atoms with Crippen LogP contribution >= 0.6 is 11.6 Å². The second-order valence-electron chi connectivity index (χ2n) is 15.3. The van der Waals surface area contributed by atoms with Gasteiger partial charge in [0, 0.05) is 60.4 Å². The number of nitrogens with two attached hydrogens (primary N) is 1. The van der Waals surface area contributed by atoms with Crippen molar-refractivity contribution in [2.45, 2.75) is 25.9 Å². The van der Waals surface area contributed by atoms with Crippen LogP contribution in [-0.4, -0.2) is 57.2 Å². The van der Waals surface area contributed by atoms with E-state index in [2.05, 4.69) is 69.3 Å². The molecule has 15 heteroatoms. The number of ether oxygens (including phenoxy) is 2. The van der Waals surface area contributed by atoms with Crippen LogP contribution < -0.4 is 30.3 Å². The first kappa shape index (κ1) is 43.9. The summed E-state index contributed by atoms with van der Waals surface area (Å²) in [6.45, 7) is 4.86. The topological polar surface area (TPSA) is 140 Å². The molecule has 2 unspecified atom stereocenters. The molecule has 2 atom stereocenters. The average molecular weight is 891 g/mol. The Bertz CT molecular complexity index is 2910. The standard InChI is InChI=1S/C25H22FN5O.C13H12ClN3O.C12H11FN2/c1-16-12-18(10-11-27-16)20-9-8-19(13-21(20)26)29-25-28-14-23-24(30-25)31(2)22(15-32-23)17-6-4-3-5-7-17;1-17-10(9-5-3-2-4-6-9)8-18-11-7-15-13(14)16-12(11)17;1-8-6-9(4-5-15-8)11-3-2-10(14)7-12(11)13/h3-14,22H,15H2,1-2H3,(H,28,29,30);2-7,10H,8H2,1H3;2-7H,14H2,1H3. The van der Waals surface area contributed by atoms with Crippen LogP contribution in [0.5, 0.6) is 11.5 Å². The van der Waals surface area contributed by atoms with Gasteiger partial charge in [0.05, 0.1) is 24.5 Å². The summed E-state index contributed by atoms with van der Waals surface area (Å²) < 4.78 is 40.0. The summed E-state index contributed by atoms with van der Waals surface area (Å²) in [4.78, 5) is 29.5. The average Bonchev–Trinajstić information content (AvgIpc) is 3.31. The third-order valence-corrected chi connectivity index (χ3v) is 11.0. The van der Waals surface area contributed by atoms with Gasteiger partial charge in [-0.2, -0.15) is 9.97 Å². The van der Waals surface area contributed by atoms with Crippen molar-refractivity contribution in [1.29, 1.82) is 0 Å². The molecule has 0 aliphatic carbocycles. The Kier molecular flexibility index (Phi) is 13.4. The molecule has 0 bridgehead atoms. The van der Waals surface area contributed by atoms with Crippen LogP contribution in [-0.2, 0) is 0 Å². The number of pyridine rings is 2. The fourth-order valence-electron chi connectivity index (χ4n) is 7.47. The lowest BCUT2D eigenvalue weighted by Crippen LogP contribution is -2.34. The minimum atomic E-state index is -0.330. The molecule has 0 amide bonds. The minimum absolute atomic E-state index is 0.0481. The molecule has 12 nitrogen and oxygen atoms in total. The maximum absolute atomic E-state index is 14.8. The van der Waals surface area contributed by atoms with Crippen LogP contribution in [0.2, 0.25) is 5.28 Å². The predicted molar refractivity (Wildman–Crippen MR) is 252 cm³/mol. The van der Waals surface area contributed by atoms with Crippen molar-refractivity contribution in [3.63, 3.8) is 0 Å². The van der Waals surface area contributed by atoms with E-state index >= 15 is 0 Å². The smallest absolute Gasteiger partial charge is 0.229 e. The molecule has 65 heavy (non-hydrogen) atoms. The third-order valence-electron chi connectivity index (χ3n) is 10.8. The zero-order valence-electron chi connectivity index (χ0n) is 36.0. The molecule has 328 valence electrons. The second kappa shape index (κ2) is 19.8. The van der Waals surface area contributed by atoms with Crippen molar-refractivity contribution in [2.24, 2.45) is 0 Å². The first-order chi connectivity index (χ1) is 31.5. The van der Waals surface area contributed by atoms with Gasteiger partial charge in [0.2, 0.25) is 11.2 Å². The van der Waals surface area contributed by atoms with Gasteiger partial charge in [-0.25, -0.2) is 18.7 Å². The van der Waals surface area contributed by atoms with Crippen molar-refractivity contribution in [3.05, 3.63) is 186 Å². The molecular weight excluding hydrogens is 846 g/mol. The highest BCUT2D eigenvalue weighted by atomic mass is 35.5. The van der Waals surface area contributed by atoms with E-state index in [-0.39, 0.29) is 29.0 Å². The number of anilines is 5. The maximum Gasteiger partial charge on any atom is 0.229 e. The number of hydrogen-bond acceptors (Lipinski definition) is 12. The summed E-state index contributed by atoms with van der Waals surface area (Å²) in [6.07, 6.45) is 6.61. The van der Waals surface area contributed by atoms with Crippen molar-refractivity contribution in [2.75, 3.05) is 48.2 Å². The van der Waals surface area contributed by atoms with E-state index in [1.807, 2.05) is 82.5 Å². The maximum atomic E-state index is 14.8. The number of rotatable bonds is 6. The number of nitrogen functional groups attached to an aromatic ring is 1. The minimum Gasteiger partial charge on any atom is -0.486 e. The van der Waals surface area contributed by atoms with Crippen molar-refractivity contribution in [1.82, 2.24) is 29.9 Å². The summed E-state index contributed by atoms with van der Waals surface area (Å²) in [5.74, 6) is 2.46. The number of hydrogen-bond donors (Lipinski definition) is 2. The van der Waals surface area contributed by atoms with E-state index in [1.165, 1.54) is 17.7 Å². The molecular formula is C50H45ClF2N10O2. The third kappa shape index (κ3) is 10.4. The lowest BCUT2D eigenvalue weighted by Gasteiger charge is -2.34. The Hall–Kier alpha value is -7.71. The quantitative estimate of drug-likeness (QED) is 0.121. The van der Waals surface area contributed by atoms with Gasteiger partial charge >= 0.3 is 0 Å². The van der Waals surface area contributed by atoms with Crippen molar-refractivity contribution in [3.8, 4) is 33.8 Å². The summed E-state index contributed by atoms with van der Waals surface area (Å²) in [5.41, 5.74) is 13.2. The molecule has 2 aliphatic heterocycles. The summed E-state index contributed by atoms with van der Waals surface area (Å²) in [5, 5.41) is 3.34. The summed E-state index contributed by atoms with van der Waals surface area (Å²) in [6, 6.07) is 37.5. The first-order valence-corrected chi connectivity index (χ1v) is 21.1. The zero-order valence-corrected chi connectivity index (χ0v) is 36.8. The Morgan fingerprint density at radius 3 is 1.65 bits per heavy atom. The molecule has 10 rings (SSSR count). The molecule has 0 spiro atoms. The number of fused-ring (bicyclic) bond motifs is 2. The molecule has 4 aromatic carbocycles. The highest BCUT2D eigenvalue weighted by Crippen LogP contribution is 2.38. The fourth-order valence-corrected chi connectivity index (χ4v) is 7.59. The van der Waals surface area contributed by atoms with Crippen LogP contribution in [0.4, 0.5) is 37.7 Å². The number of aryl methyl sites for hydroxylation is 2. The molecule has 8 aromatic rings. The number of nitrogens with zero attached hydrogens (tertiary/aromatic N) is 8. The zero-order chi connectivity index (χ0) is 45.5. The molecule has 4 aromatic heterocycles. The molecule has 2 aliphatic rings. The van der Waals surface area contributed by atoms with Gasteiger partial charge in [-0.05, 0) is 108 Å². The second-order valence-corrected chi connectivity index (χ2v) is 15.7. The van der Waals surface area contributed by atoms with Gasteiger partial charge in [-0.15, -0.1) is 0 Å². The SMILES string of the molecule is CN1c2nc(Cl)ncc2OCC1c1ccccc1.Cc1cc(-c2ccc(N)cc2F)ccn1.Cc1cc(-c2ccc(Nc3ncc4c(n3)N(C)C(c3ccccc3)CO4)cc2F)ccn1. The van der Waals surface area contributed by atoms with Gasteiger partial charge in [0.25, 0.3) is 0 Å². The van der Waals surface area contributed by atoms with Crippen LogP contribution in [0, 0.1) is 25.5 Å². The molecule has 0 saturated heterocycles. The number of nitrogens with one attached hydrogen (secondary N) is 1. The Morgan fingerprint density at radius 2 is 1.12 bits per heavy atom. The number of likely N-dealkylation sites (N-methyl/N-ethyl adjacent to an activating group) is 2. The van der Waals surface area contributed by atoms with Crippen LogP contribution in [0.15, 0.2) is 146 Å². The molecule has 0 radical (unpaired) electrons. The lowest BCUT2D eigenvalue weighted by atomic mass is 10.1. The fraction of sp³-hybridized carbons (Fsp3) is 0.160. The number of benzene rings is 4. The largest absolute Gasteiger partial charge is 0.486 e. The molecule has 3 N–H and O–H groups in total. The normalized spacial score (nSPS) is 14.8. The van der Waals surface area contributed by atoms with E-state index in [4.69, 9.17) is 26.8 Å². The van der Waals surface area contributed by atoms with Crippen LogP contribution in [0.25, 0.3) is 22.3 Å². The first-order valence-electron chi connectivity index (χ1n) is 20.7. The summed E-state index contributed by atoms with van der Waals surface area (Å²) >= 11 is 5.83. The molecule has 0 fully saturated rings. The Labute approximate surface area is 380 Å². The number of halogens is 3. The van der Waals surface area contributed by atoms with Crippen molar-refractivity contribution < 1.29 is 18.3 Å². The van der Waals surface area contributed by atoms with Crippen LogP contribution in [0.3, 0.4) is 0 Å². The summed E-state index contributed by atoms with van der Waals surface area (Å²) in [7, 11) is 3.98. The van der Waals surface area contributed by atoms with Crippen LogP contribution in [0.1, 0.15) is 34.6 Å². The molecule has 0 saturated carbocycles. The predicted octanol–water partition coefficient (Wildman–Crippen LogP) is 10.8. The molecule has 6 heterocycles. The van der Waals surface area contributed by atoms with Gasteiger partial charge in [-0.1, -0.05) is 60.7 Å². The van der Waals surface area contributed by atoms with Gasteiger partial charge < -0.3 is 30.3 Å². The highest BCUT2D eigenvalue weighted by molar-refractivity contribution is 6.28. The van der Waals surface area contributed by atoms with E-state index in [0.29, 0.717) is 59.0 Å².